The molecule has 6 nitrogen and oxygen atoms in total. The Morgan fingerprint density at radius 3 is 2.76 bits per heavy atom. The van der Waals surface area contributed by atoms with Crippen molar-refractivity contribution in [2.24, 2.45) is 5.73 Å². The molecule has 0 saturated heterocycles. The second kappa shape index (κ2) is 6.15. The average molecular weight is 281 g/mol. The third kappa shape index (κ3) is 3.24. The van der Waals surface area contributed by atoms with Crippen LogP contribution in [0.2, 0.25) is 0 Å². The summed E-state index contributed by atoms with van der Waals surface area (Å²) in [6, 6.07) is 13.9. The number of ether oxygens (including phenoxy) is 1. The molecule has 0 amide bonds. The monoisotopic (exact) mass is 281 g/mol. The predicted molar refractivity (Wildman–Crippen MR) is 77.8 cm³/mol. The van der Waals surface area contributed by atoms with Crippen LogP contribution in [0.25, 0.3) is 5.69 Å². The van der Waals surface area contributed by atoms with Crippen LogP contribution in [-0.2, 0) is 13.2 Å². The van der Waals surface area contributed by atoms with E-state index in [4.69, 9.17) is 10.5 Å². The molecule has 3 rings (SSSR count). The lowest BCUT2D eigenvalue weighted by Gasteiger charge is -2.03. The van der Waals surface area contributed by atoms with E-state index in [2.05, 4.69) is 15.1 Å². The SMILES string of the molecule is NCc1cc(COc2ncn(-c3ccccc3)n2)ccn1. The van der Waals surface area contributed by atoms with Gasteiger partial charge in [0.2, 0.25) is 0 Å². The standard InChI is InChI=1S/C15H15N5O/c16-9-13-8-12(6-7-17-13)10-21-15-18-11-20(19-15)14-4-2-1-3-5-14/h1-8,11H,9-10,16H2. The van der Waals surface area contributed by atoms with E-state index in [1.54, 1.807) is 17.2 Å². The Labute approximate surface area is 122 Å². The first-order valence-corrected chi connectivity index (χ1v) is 6.59. The highest BCUT2D eigenvalue weighted by atomic mass is 16.5. The summed E-state index contributed by atoms with van der Waals surface area (Å²) in [5.41, 5.74) is 8.32. The van der Waals surface area contributed by atoms with Gasteiger partial charge in [-0.15, -0.1) is 5.10 Å². The molecule has 6 heteroatoms. The second-order valence-corrected chi connectivity index (χ2v) is 4.46. The van der Waals surface area contributed by atoms with E-state index in [0.29, 0.717) is 19.2 Å². The average Bonchev–Trinajstić information content (AvgIpc) is 3.03. The Kier molecular flexibility index (Phi) is 3.88. The van der Waals surface area contributed by atoms with Crippen LogP contribution in [0.1, 0.15) is 11.3 Å². The lowest BCUT2D eigenvalue weighted by molar-refractivity contribution is 0.280. The highest BCUT2D eigenvalue weighted by Crippen LogP contribution is 2.10. The van der Waals surface area contributed by atoms with Gasteiger partial charge in [-0.2, -0.15) is 4.98 Å². The van der Waals surface area contributed by atoms with Gasteiger partial charge in [0.15, 0.2) is 0 Å². The fourth-order valence-corrected chi connectivity index (χ4v) is 1.90. The molecule has 0 saturated carbocycles. The largest absolute Gasteiger partial charge is 0.458 e. The first-order valence-electron chi connectivity index (χ1n) is 6.59. The number of rotatable bonds is 5. The lowest BCUT2D eigenvalue weighted by atomic mass is 10.2. The van der Waals surface area contributed by atoms with Crippen LogP contribution in [0.4, 0.5) is 0 Å². The summed E-state index contributed by atoms with van der Waals surface area (Å²) in [6.07, 6.45) is 3.35. The summed E-state index contributed by atoms with van der Waals surface area (Å²) in [4.78, 5) is 8.28. The van der Waals surface area contributed by atoms with Crippen LogP contribution in [0.3, 0.4) is 0 Å². The summed E-state index contributed by atoms with van der Waals surface area (Å²) >= 11 is 0. The molecule has 1 aromatic carbocycles. The Balaban J connectivity index is 1.67. The number of benzene rings is 1. The molecule has 2 heterocycles. The highest BCUT2D eigenvalue weighted by Gasteiger charge is 2.04. The van der Waals surface area contributed by atoms with Gasteiger partial charge < -0.3 is 10.5 Å². The summed E-state index contributed by atoms with van der Waals surface area (Å²) in [5, 5.41) is 4.28. The van der Waals surface area contributed by atoms with Crippen LogP contribution in [-0.4, -0.2) is 19.7 Å². The molecule has 0 atom stereocenters. The number of nitrogens with two attached hydrogens (primary N) is 1. The van der Waals surface area contributed by atoms with Gasteiger partial charge in [-0.05, 0) is 29.8 Å². The van der Waals surface area contributed by atoms with Gasteiger partial charge in [0.05, 0.1) is 11.4 Å². The van der Waals surface area contributed by atoms with Gasteiger partial charge in [0.25, 0.3) is 0 Å². The first-order chi connectivity index (χ1) is 10.3. The van der Waals surface area contributed by atoms with E-state index in [0.717, 1.165) is 16.9 Å². The molecule has 3 aromatic rings. The summed E-state index contributed by atoms with van der Waals surface area (Å²) < 4.78 is 7.26. The second-order valence-electron chi connectivity index (χ2n) is 4.46. The van der Waals surface area contributed by atoms with E-state index in [1.807, 2.05) is 42.5 Å². The number of para-hydroxylation sites is 1. The predicted octanol–water partition coefficient (Wildman–Crippen LogP) is 1.70. The van der Waals surface area contributed by atoms with Crippen molar-refractivity contribution in [2.45, 2.75) is 13.2 Å². The molecule has 0 bridgehead atoms. The highest BCUT2D eigenvalue weighted by molar-refractivity contribution is 5.29. The van der Waals surface area contributed by atoms with Crippen LogP contribution in [0.5, 0.6) is 6.01 Å². The van der Waals surface area contributed by atoms with Crippen molar-refractivity contribution in [3.8, 4) is 11.7 Å². The maximum atomic E-state index is 5.58. The number of aromatic nitrogens is 4. The summed E-state index contributed by atoms with van der Waals surface area (Å²) in [7, 11) is 0. The van der Waals surface area contributed by atoms with Crippen LogP contribution < -0.4 is 10.5 Å². The molecular weight excluding hydrogens is 266 g/mol. The van der Waals surface area contributed by atoms with Crippen LogP contribution in [0.15, 0.2) is 55.0 Å². The zero-order chi connectivity index (χ0) is 14.5. The normalized spacial score (nSPS) is 10.5. The molecule has 21 heavy (non-hydrogen) atoms. The minimum Gasteiger partial charge on any atom is -0.458 e. The van der Waals surface area contributed by atoms with Crippen molar-refractivity contribution in [3.05, 3.63) is 66.2 Å². The van der Waals surface area contributed by atoms with Gasteiger partial charge in [0.1, 0.15) is 12.9 Å². The number of hydrogen-bond acceptors (Lipinski definition) is 5. The molecule has 0 radical (unpaired) electrons. The Hall–Kier alpha value is -2.73. The van der Waals surface area contributed by atoms with Gasteiger partial charge in [0, 0.05) is 12.7 Å². The molecule has 0 aliphatic heterocycles. The number of hydrogen-bond donors (Lipinski definition) is 1. The van der Waals surface area contributed by atoms with Crippen molar-refractivity contribution in [1.29, 1.82) is 0 Å². The quantitative estimate of drug-likeness (QED) is 0.770. The minimum atomic E-state index is 0.338. The Morgan fingerprint density at radius 1 is 1.10 bits per heavy atom. The van der Waals surface area contributed by atoms with E-state index >= 15 is 0 Å². The van der Waals surface area contributed by atoms with Gasteiger partial charge >= 0.3 is 6.01 Å². The Morgan fingerprint density at radius 2 is 1.95 bits per heavy atom. The topological polar surface area (TPSA) is 78.9 Å². The zero-order valence-corrected chi connectivity index (χ0v) is 11.4. The van der Waals surface area contributed by atoms with Gasteiger partial charge in [-0.1, -0.05) is 18.2 Å². The summed E-state index contributed by atoms with van der Waals surface area (Å²) in [6.45, 7) is 0.795. The Bertz CT molecular complexity index is 711. The maximum Gasteiger partial charge on any atom is 0.336 e. The molecule has 2 aromatic heterocycles. The van der Waals surface area contributed by atoms with Crippen molar-refractivity contribution in [1.82, 2.24) is 19.7 Å². The number of pyridine rings is 1. The van der Waals surface area contributed by atoms with Crippen molar-refractivity contribution in [2.75, 3.05) is 0 Å². The molecule has 0 fully saturated rings. The lowest BCUT2D eigenvalue weighted by Crippen LogP contribution is -2.03. The van der Waals surface area contributed by atoms with E-state index < -0.39 is 0 Å². The molecular formula is C15H15N5O. The smallest absolute Gasteiger partial charge is 0.336 e. The van der Waals surface area contributed by atoms with Crippen LogP contribution >= 0.6 is 0 Å². The van der Waals surface area contributed by atoms with Crippen molar-refractivity contribution in [3.63, 3.8) is 0 Å². The fourth-order valence-electron chi connectivity index (χ4n) is 1.90. The van der Waals surface area contributed by atoms with Crippen molar-refractivity contribution >= 4 is 0 Å². The third-order valence-corrected chi connectivity index (χ3v) is 2.95. The van der Waals surface area contributed by atoms with Gasteiger partial charge in [-0.3, -0.25) is 4.98 Å². The first kappa shape index (κ1) is 13.3. The molecule has 0 aliphatic carbocycles. The third-order valence-electron chi connectivity index (χ3n) is 2.95. The molecule has 106 valence electrons. The summed E-state index contributed by atoms with van der Waals surface area (Å²) in [5.74, 6) is 0. The van der Waals surface area contributed by atoms with E-state index in [1.165, 1.54) is 0 Å². The maximum absolute atomic E-state index is 5.58. The van der Waals surface area contributed by atoms with Gasteiger partial charge in [-0.25, -0.2) is 4.68 Å². The number of nitrogens with zero attached hydrogens (tertiary/aromatic N) is 4. The van der Waals surface area contributed by atoms with Crippen molar-refractivity contribution < 1.29 is 4.74 Å². The molecule has 0 unspecified atom stereocenters. The zero-order valence-electron chi connectivity index (χ0n) is 11.4. The molecule has 0 spiro atoms. The van der Waals surface area contributed by atoms with E-state index in [9.17, 15) is 0 Å². The van der Waals surface area contributed by atoms with E-state index in [-0.39, 0.29) is 0 Å². The minimum absolute atomic E-state index is 0.338. The van der Waals surface area contributed by atoms with Crippen LogP contribution in [0, 0.1) is 0 Å². The fraction of sp³-hybridized carbons (Fsp3) is 0.133. The molecule has 2 N–H and O–H groups in total. The molecule has 0 aliphatic rings.